The topological polar surface area (TPSA) is 0 Å². The maximum absolute atomic E-state index is 4.06. The third-order valence-corrected chi connectivity index (χ3v) is 4.75. The van der Waals surface area contributed by atoms with Crippen LogP contribution in [0.2, 0.25) is 0 Å². The van der Waals surface area contributed by atoms with E-state index in [0.717, 1.165) is 5.92 Å². The van der Waals surface area contributed by atoms with Gasteiger partial charge in [0, 0.05) is 11.5 Å². The summed E-state index contributed by atoms with van der Waals surface area (Å²) in [4.78, 5) is 0. The first-order chi connectivity index (χ1) is 9.19. The van der Waals surface area contributed by atoms with Crippen molar-refractivity contribution in [2.75, 3.05) is 19.6 Å². The molecule has 0 aromatic heterocycles. The van der Waals surface area contributed by atoms with Crippen molar-refractivity contribution in [2.45, 2.75) is 33.2 Å². The highest BCUT2D eigenvalue weighted by Gasteiger charge is 2.36. The fourth-order valence-corrected chi connectivity index (χ4v) is 3.59. The standard InChI is InChI=1S/C18H28N/c1-4-12-19(14-17-9-7-6-8-10-17)13-11-16(3)18(5-2)15-19/h5-10,16,18H,2,4,11-15H2,1,3H3/q+1. The van der Waals surface area contributed by atoms with Crippen LogP contribution in [-0.2, 0) is 6.54 Å². The second-order valence-corrected chi connectivity index (χ2v) is 6.28. The van der Waals surface area contributed by atoms with Gasteiger partial charge in [0.15, 0.2) is 0 Å². The van der Waals surface area contributed by atoms with E-state index in [2.05, 4.69) is 56.8 Å². The highest BCUT2D eigenvalue weighted by Crippen LogP contribution is 2.31. The summed E-state index contributed by atoms with van der Waals surface area (Å²) in [5.41, 5.74) is 1.48. The molecule has 3 atom stereocenters. The summed E-state index contributed by atoms with van der Waals surface area (Å²) in [5, 5.41) is 0. The fourth-order valence-electron chi connectivity index (χ4n) is 3.59. The number of hydrogen-bond donors (Lipinski definition) is 0. The average molecular weight is 258 g/mol. The van der Waals surface area contributed by atoms with Gasteiger partial charge < -0.3 is 4.48 Å². The van der Waals surface area contributed by atoms with E-state index < -0.39 is 0 Å². The molecule has 0 aliphatic carbocycles. The zero-order valence-electron chi connectivity index (χ0n) is 12.5. The quantitative estimate of drug-likeness (QED) is 0.547. The van der Waals surface area contributed by atoms with Crippen LogP contribution in [0.5, 0.6) is 0 Å². The number of piperidine rings is 1. The van der Waals surface area contributed by atoms with E-state index in [1.54, 1.807) is 0 Å². The molecule has 0 radical (unpaired) electrons. The van der Waals surface area contributed by atoms with E-state index in [-0.39, 0.29) is 0 Å². The highest BCUT2D eigenvalue weighted by molar-refractivity contribution is 5.13. The molecule has 0 N–H and O–H groups in total. The molecule has 104 valence electrons. The minimum absolute atomic E-state index is 0.684. The van der Waals surface area contributed by atoms with Gasteiger partial charge in [-0.3, -0.25) is 0 Å². The molecule has 2 rings (SSSR count). The van der Waals surface area contributed by atoms with Crippen molar-refractivity contribution in [2.24, 2.45) is 11.8 Å². The van der Waals surface area contributed by atoms with Crippen LogP contribution in [0.25, 0.3) is 0 Å². The average Bonchev–Trinajstić information content (AvgIpc) is 2.43. The van der Waals surface area contributed by atoms with Crippen molar-refractivity contribution in [1.82, 2.24) is 0 Å². The summed E-state index contributed by atoms with van der Waals surface area (Å²) in [5.74, 6) is 1.49. The Morgan fingerprint density at radius 2 is 2.05 bits per heavy atom. The van der Waals surface area contributed by atoms with E-state index in [1.807, 2.05) is 0 Å². The lowest BCUT2D eigenvalue weighted by atomic mass is 9.85. The van der Waals surface area contributed by atoms with Crippen molar-refractivity contribution in [3.8, 4) is 0 Å². The zero-order valence-corrected chi connectivity index (χ0v) is 12.5. The Balaban J connectivity index is 2.16. The maximum Gasteiger partial charge on any atom is 0.104 e. The molecule has 1 saturated heterocycles. The summed E-state index contributed by atoms with van der Waals surface area (Å²) in [7, 11) is 0. The predicted octanol–water partition coefficient (Wildman–Crippen LogP) is 4.26. The van der Waals surface area contributed by atoms with Crippen LogP contribution < -0.4 is 0 Å². The van der Waals surface area contributed by atoms with Crippen molar-refractivity contribution < 1.29 is 4.48 Å². The summed E-state index contributed by atoms with van der Waals surface area (Å²) >= 11 is 0. The van der Waals surface area contributed by atoms with Crippen LogP contribution in [0.15, 0.2) is 43.0 Å². The number of rotatable bonds is 5. The molecular formula is C18H28N+. The van der Waals surface area contributed by atoms with Gasteiger partial charge in [-0.25, -0.2) is 0 Å². The Morgan fingerprint density at radius 1 is 1.32 bits per heavy atom. The van der Waals surface area contributed by atoms with E-state index in [1.165, 1.54) is 49.1 Å². The molecule has 0 spiro atoms. The summed E-state index contributed by atoms with van der Waals surface area (Å²) in [6.07, 6.45) is 4.80. The Bertz CT molecular complexity index is 397. The van der Waals surface area contributed by atoms with E-state index in [0.29, 0.717) is 5.92 Å². The lowest BCUT2D eigenvalue weighted by Gasteiger charge is -2.46. The van der Waals surface area contributed by atoms with Crippen LogP contribution in [0, 0.1) is 11.8 Å². The molecule has 19 heavy (non-hydrogen) atoms. The molecule has 0 saturated carbocycles. The first-order valence-corrected chi connectivity index (χ1v) is 7.71. The van der Waals surface area contributed by atoms with Gasteiger partial charge in [-0.05, 0) is 18.8 Å². The minimum atomic E-state index is 0.684. The van der Waals surface area contributed by atoms with Crippen LogP contribution in [0.1, 0.15) is 32.3 Å². The summed E-state index contributed by atoms with van der Waals surface area (Å²) in [6.45, 7) is 13.8. The summed E-state index contributed by atoms with van der Waals surface area (Å²) in [6, 6.07) is 11.0. The molecule has 1 aliphatic heterocycles. The van der Waals surface area contributed by atoms with Gasteiger partial charge in [0.2, 0.25) is 0 Å². The molecule has 1 nitrogen and oxygen atoms in total. The molecule has 1 aromatic carbocycles. The zero-order chi connectivity index (χ0) is 13.7. The largest absolute Gasteiger partial charge is 0.319 e. The Kier molecular flexibility index (Phi) is 4.81. The monoisotopic (exact) mass is 258 g/mol. The van der Waals surface area contributed by atoms with Crippen molar-refractivity contribution >= 4 is 0 Å². The number of hydrogen-bond acceptors (Lipinski definition) is 0. The molecular weight excluding hydrogens is 230 g/mol. The second kappa shape index (κ2) is 6.38. The van der Waals surface area contributed by atoms with Gasteiger partial charge in [0.25, 0.3) is 0 Å². The van der Waals surface area contributed by atoms with Crippen LogP contribution in [-0.4, -0.2) is 24.1 Å². The number of likely N-dealkylation sites (tertiary alicyclic amines) is 1. The van der Waals surface area contributed by atoms with Gasteiger partial charge in [-0.15, -0.1) is 6.58 Å². The smallest absolute Gasteiger partial charge is 0.104 e. The molecule has 1 fully saturated rings. The molecule has 1 aliphatic rings. The fraction of sp³-hybridized carbons (Fsp3) is 0.556. The molecule has 1 heteroatoms. The Labute approximate surface area is 118 Å². The van der Waals surface area contributed by atoms with Crippen molar-refractivity contribution in [1.29, 1.82) is 0 Å². The predicted molar refractivity (Wildman–Crippen MR) is 82.8 cm³/mol. The van der Waals surface area contributed by atoms with E-state index >= 15 is 0 Å². The first-order valence-electron chi connectivity index (χ1n) is 7.71. The maximum atomic E-state index is 4.06. The molecule has 1 aromatic rings. The van der Waals surface area contributed by atoms with Gasteiger partial charge in [0.05, 0.1) is 19.6 Å². The molecule has 1 heterocycles. The van der Waals surface area contributed by atoms with Gasteiger partial charge >= 0.3 is 0 Å². The van der Waals surface area contributed by atoms with Crippen LogP contribution in [0.3, 0.4) is 0 Å². The molecule has 3 unspecified atom stereocenters. The SMILES string of the molecule is C=CC1C[N+](CCC)(Cc2ccccc2)CCC1C. The summed E-state index contributed by atoms with van der Waals surface area (Å²) < 4.78 is 1.25. The minimum Gasteiger partial charge on any atom is -0.319 e. The third-order valence-electron chi connectivity index (χ3n) is 4.75. The normalized spacial score (nSPS) is 31.1. The lowest BCUT2D eigenvalue weighted by Crippen LogP contribution is -2.55. The lowest BCUT2D eigenvalue weighted by molar-refractivity contribution is -0.948. The first kappa shape index (κ1) is 14.3. The van der Waals surface area contributed by atoms with E-state index in [9.17, 15) is 0 Å². The number of quaternary nitrogens is 1. The van der Waals surface area contributed by atoms with Gasteiger partial charge in [0.1, 0.15) is 6.54 Å². The number of benzene rings is 1. The molecule has 0 amide bonds. The van der Waals surface area contributed by atoms with Crippen molar-refractivity contribution in [3.05, 3.63) is 48.6 Å². The van der Waals surface area contributed by atoms with Gasteiger partial charge in [-0.2, -0.15) is 0 Å². The van der Waals surface area contributed by atoms with Crippen LogP contribution >= 0.6 is 0 Å². The van der Waals surface area contributed by atoms with Crippen molar-refractivity contribution in [3.63, 3.8) is 0 Å². The number of nitrogens with zero attached hydrogens (tertiary/aromatic N) is 1. The van der Waals surface area contributed by atoms with E-state index in [4.69, 9.17) is 0 Å². The molecule has 0 bridgehead atoms. The third kappa shape index (κ3) is 3.48. The Hall–Kier alpha value is -1.08. The second-order valence-electron chi connectivity index (χ2n) is 6.28. The van der Waals surface area contributed by atoms with Crippen LogP contribution in [0.4, 0.5) is 0 Å². The van der Waals surface area contributed by atoms with Gasteiger partial charge in [-0.1, -0.05) is 50.3 Å². The Morgan fingerprint density at radius 3 is 2.68 bits per heavy atom. The highest BCUT2D eigenvalue weighted by atomic mass is 15.4.